The first-order valence-electron chi connectivity index (χ1n) is 9.04. The van der Waals surface area contributed by atoms with Crippen LogP contribution in [0.15, 0.2) is 65.7 Å². The van der Waals surface area contributed by atoms with Gasteiger partial charge in [-0.05, 0) is 54.4 Å². The number of hydrogen-bond donors (Lipinski definition) is 1. The Hall–Kier alpha value is -3.48. The van der Waals surface area contributed by atoms with E-state index in [1.807, 2.05) is 36.4 Å². The van der Waals surface area contributed by atoms with Gasteiger partial charge in [-0.25, -0.2) is 4.68 Å². The molecule has 0 unspecified atom stereocenters. The summed E-state index contributed by atoms with van der Waals surface area (Å²) < 4.78 is 6.55. The molecule has 0 saturated carbocycles. The van der Waals surface area contributed by atoms with Crippen LogP contribution in [0.1, 0.15) is 18.4 Å². The van der Waals surface area contributed by atoms with Crippen LogP contribution in [0.25, 0.3) is 11.3 Å². The maximum Gasteiger partial charge on any atom is 0.266 e. The van der Waals surface area contributed by atoms with Crippen molar-refractivity contribution in [3.8, 4) is 17.0 Å². The number of carbonyl (C=O) groups excluding carboxylic acids is 1. The number of amides is 1. The fourth-order valence-corrected chi connectivity index (χ4v) is 2.70. The molecule has 0 saturated heterocycles. The molecule has 0 radical (unpaired) electrons. The lowest BCUT2D eigenvalue weighted by atomic mass is 10.1. The second-order valence-electron chi connectivity index (χ2n) is 6.24. The molecule has 3 aromatic rings. The molecule has 0 atom stereocenters. The van der Waals surface area contributed by atoms with Gasteiger partial charge < -0.3 is 10.1 Å². The Kier molecular flexibility index (Phi) is 6.51. The lowest BCUT2D eigenvalue weighted by Crippen LogP contribution is -2.25. The lowest BCUT2D eigenvalue weighted by Gasteiger charge is -2.08. The van der Waals surface area contributed by atoms with Gasteiger partial charge in [-0.2, -0.15) is 5.10 Å². The fraction of sp³-hybridized carbons (Fsp3) is 0.238. The Balaban J connectivity index is 1.55. The number of benzene rings is 1. The SMILES string of the molecule is COc1ccc(-c2ccc(=O)n(CCCC(=O)NCc3ccncc3)n2)cc1. The molecule has 0 fully saturated rings. The number of nitrogens with zero attached hydrogens (tertiary/aromatic N) is 3. The molecule has 3 rings (SSSR count). The summed E-state index contributed by atoms with van der Waals surface area (Å²) in [6.07, 6.45) is 4.23. The summed E-state index contributed by atoms with van der Waals surface area (Å²) in [6, 6.07) is 14.4. The maximum absolute atomic E-state index is 12.1. The highest BCUT2D eigenvalue weighted by atomic mass is 16.5. The summed E-state index contributed by atoms with van der Waals surface area (Å²) in [7, 11) is 1.61. The summed E-state index contributed by atoms with van der Waals surface area (Å²) in [4.78, 5) is 28.0. The first kappa shape index (κ1) is 19.3. The Morgan fingerprint density at radius 3 is 2.54 bits per heavy atom. The van der Waals surface area contributed by atoms with Crippen LogP contribution >= 0.6 is 0 Å². The van der Waals surface area contributed by atoms with E-state index in [9.17, 15) is 9.59 Å². The van der Waals surface area contributed by atoms with Crippen molar-refractivity contribution in [3.63, 3.8) is 0 Å². The molecule has 2 aromatic heterocycles. The van der Waals surface area contributed by atoms with Crippen molar-refractivity contribution in [1.29, 1.82) is 0 Å². The van der Waals surface area contributed by atoms with Crippen LogP contribution < -0.4 is 15.6 Å². The van der Waals surface area contributed by atoms with Crippen LogP contribution in [0, 0.1) is 0 Å². The molecule has 2 heterocycles. The standard InChI is InChI=1S/C21H22N4O3/c1-28-18-6-4-17(5-7-18)19-8-9-21(27)25(24-19)14-2-3-20(26)23-15-16-10-12-22-13-11-16/h4-13H,2-3,14-15H2,1H3,(H,23,26). The van der Waals surface area contributed by atoms with Gasteiger partial charge in [0, 0.05) is 43.5 Å². The number of nitrogens with one attached hydrogen (secondary N) is 1. The van der Waals surface area contributed by atoms with E-state index in [1.165, 1.54) is 10.7 Å². The van der Waals surface area contributed by atoms with Crippen LogP contribution in [0.5, 0.6) is 5.75 Å². The van der Waals surface area contributed by atoms with E-state index in [0.717, 1.165) is 16.9 Å². The Bertz CT molecular complexity index is 969. The van der Waals surface area contributed by atoms with Gasteiger partial charge >= 0.3 is 0 Å². The molecular formula is C21H22N4O3. The highest BCUT2D eigenvalue weighted by Crippen LogP contribution is 2.19. The number of ether oxygens (including phenoxy) is 1. The predicted octanol–water partition coefficient (Wildman–Crippen LogP) is 2.41. The molecule has 1 N–H and O–H groups in total. The topological polar surface area (TPSA) is 86.1 Å². The van der Waals surface area contributed by atoms with Crippen LogP contribution in [0.3, 0.4) is 0 Å². The van der Waals surface area contributed by atoms with Gasteiger partial charge in [0.25, 0.3) is 5.56 Å². The molecule has 0 aliphatic rings. The van der Waals surface area contributed by atoms with Crippen molar-refractivity contribution < 1.29 is 9.53 Å². The van der Waals surface area contributed by atoms with Gasteiger partial charge in [0.05, 0.1) is 12.8 Å². The highest BCUT2D eigenvalue weighted by molar-refractivity contribution is 5.75. The van der Waals surface area contributed by atoms with Crippen LogP contribution in [0.2, 0.25) is 0 Å². The summed E-state index contributed by atoms with van der Waals surface area (Å²) in [6.45, 7) is 0.845. The number of carbonyl (C=O) groups is 1. The second kappa shape index (κ2) is 9.45. The third kappa shape index (κ3) is 5.26. The maximum atomic E-state index is 12.1. The molecule has 7 nitrogen and oxygen atoms in total. The zero-order valence-corrected chi connectivity index (χ0v) is 15.7. The van der Waals surface area contributed by atoms with Gasteiger partial charge in [0.15, 0.2) is 0 Å². The minimum absolute atomic E-state index is 0.0591. The monoisotopic (exact) mass is 378 g/mol. The number of pyridine rings is 1. The molecule has 144 valence electrons. The van der Waals surface area contributed by atoms with E-state index in [0.29, 0.717) is 31.6 Å². The van der Waals surface area contributed by atoms with Crippen molar-refractivity contribution in [3.05, 3.63) is 76.8 Å². The zero-order valence-electron chi connectivity index (χ0n) is 15.7. The second-order valence-corrected chi connectivity index (χ2v) is 6.24. The molecule has 1 amide bonds. The normalized spacial score (nSPS) is 10.5. The average molecular weight is 378 g/mol. The van der Waals surface area contributed by atoms with E-state index >= 15 is 0 Å². The number of rotatable bonds is 8. The summed E-state index contributed by atoms with van der Waals surface area (Å²) in [5.74, 6) is 0.700. The molecule has 0 bridgehead atoms. The summed E-state index contributed by atoms with van der Waals surface area (Å²) >= 11 is 0. The molecule has 0 aliphatic heterocycles. The van der Waals surface area contributed by atoms with Crippen LogP contribution in [-0.4, -0.2) is 27.8 Å². The molecule has 1 aromatic carbocycles. The van der Waals surface area contributed by atoms with Crippen molar-refractivity contribution in [2.75, 3.05) is 7.11 Å². The Labute approximate surface area is 163 Å². The van der Waals surface area contributed by atoms with E-state index in [4.69, 9.17) is 4.74 Å². The van der Waals surface area contributed by atoms with Gasteiger partial charge in [0.2, 0.25) is 5.91 Å². The number of aryl methyl sites for hydroxylation is 1. The van der Waals surface area contributed by atoms with E-state index < -0.39 is 0 Å². The molecule has 7 heteroatoms. The molecular weight excluding hydrogens is 356 g/mol. The number of methoxy groups -OCH3 is 1. The minimum Gasteiger partial charge on any atom is -0.497 e. The molecule has 28 heavy (non-hydrogen) atoms. The Morgan fingerprint density at radius 2 is 1.82 bits per heavy atom. The number of aromatic nitrogens is 3. The quantitative estimate of drug-likeness (QED) is 0.651. The van der Waals surface area contributed by atoms with Crippen molar-refractivity contribution in [2.24, 2.45) is 0 Å². The van der Waals surface area contributed by atoms with Crippen molar-refractivity contribution >= 4 is 5.91 Å². The lowest BCUT2D eigenvalue weighted by molar-refractivity contribution is -0.121. The van der Waals surface area contributed by atoms with Gasteiger partial charge in [-0.15, -0.1) is 0 Å². The first-order chi connectivity index (χ1) is 13.7. The van der Waals surface area contributed by atoms with Gasteiger partial charge in [-0.3, -0.25) is 14.6 Å². The summed E-state index contributed by atoms with van der Waals surface area (Å²) in [5.41, 5.74) is 2.40. The van der Waals surface area contributed by atoms with Gasteiger partial charge in [-0.1, -0.05) is 0 Å². The van der Waals surface area contributed by atoms with Crippen molar-refractivity contribution in [1.82, 2.24) is 20.1 Å². The van der Waals surface area contributed by atoms with E-state index in [1.54, 1.807) is 25.6 Å². The third-order valence-corrected chi connectivity index (χ3v) is 4.27. The third-order valence-electron chi connectivity index (χ3n) is 4.27. The fourth-order valence-electron chi connectivity index (χ4n) is 2.70. The van der Waals surface area contributed by atoms with E-state index in [-0.39, 0.29) is 11.5 Å². The largest absolute Gasteiger partial charge is 0.497 e. The first-order valence-corrected chi connectivity index (χ1v) is 9.04. The zero-order chi connectivity index (χ0) is 19.8. The highest BCUT2D eigenvalue weighted by Gasteiger charge is 2.06. The summed E-state index contributed by atoms with van der Waals surface area (Å²) in [5, 5.41) is 7.27. The van der Waals surface area contributed by atoms with E-state index in [2.05, 4.69) is 15.4 Å². The molecule has 0 aliphatic carbocycles. The minimum atomic E-state index is -0.186. The predicted molar refractivity (Wildman–Crippen MR) is 106 cm³/mol. The van der Waals surface area contributed by atoms with Crippen LogP contribution in [-0.2, 0) is 17.9 Å². The van der Waals surface area contributed by atoms with Gasteiger partial charge in [0.1, 0.15) is 5.75 Å². The number of hydrogen-bond acceptors (Lipinski definition) is 5. The van der Waals surface area contributed by atoms with Crippen molar-refractivity contribution in [2.45, 2.75) is 25.9 Å². The smallest absolute Gasteiger partial charge is 0.266 e. The Morgan fingerprint density at radius 1 is 1.07 bits per heavy atom. The van der Waals surface area contributed by atoms with Crippen LogP contribution in [0.4, 0.5) is 0 Å². The molecule has 0 spiro atoms. The average Bonchev–Trinajstić information content (AvgIpc) is 2.74.